The Bertz CT molecular complexity index is 493. The van der Waals surface area contributed by atoms with E-state index in [9.17, 15) is 0 Å². The first kappa shape index (κ1) is 16.7. The first-order valence-corrected chi connectivity index (χ1v) is 7.76. The lowest BCUT2D eigenvalue weighted by Crippen LogP contribution is -2.13. The topological polar surface area (TPSA) is 38.7 Å². The molecular weight excluding hydrogens is 276 g/mol. The van der Waals surface area contributed by atoms with Crippen LogP contribution in [0, 0.1) is 0 Å². The molecule has 1 aliphatic heterocycles. The molecule has 2 aromatic rings. The second-order valence-electron chi connectivity index (χ2n) is 5.28. The van der Waals surface area contributed by atoms with E-state index in [-0.39, 0.29) is 6.61 Å². The van der Waals surface area contributed by atoms with E-state index in [1.54, 1.807) is 0 Å². The molecule has 0 aromatic heterocycles. The van der Waals surface area contributed by atoms with Gasteiger partial charge in [-0.1, -0.05) is 60.7 Å². The van der Waals surface area contributed by atoms with Crippen molar-refractivity contribution >= 4 is 0 Å². The Hall–Kier alpha value is -1.68. The van der Waals surface area contributed by atoms with Crippen molar-refractivity contribution in [2.75, 3.05) is 13.2 Å². The van der Waals surface area contributed by atoms with E-state index >= 15 is 0 Å². The van der Waals surface area contributed by atoms with Gasteiger partial charge in [0.1, 0.15) is 0 Å². The highest BCUT2D eigenvalue weighted by Crippen LogP contribution is 2.12. The Morgan fingerprint density at radius 1 is 0.955 bits per heavy atom. The normalized spacial score (nSPS) is 16.9. The van der Waals surface area contributed by atoms with Crippen LogP contribution in [0.5, 0.6) is 0 Å². The average molecular weight is 300 g/mol. The number of benzene rings is 2. The Morgan fingerprint density at radius 3 is 2.09 bits per heavy atom. The molecule has 22 heavy (non-hydrogen) atoms. The third kappa shape index (κ3) is 6.39. The Labute approximate surface area is 132 Å². The van der Waals surface area contributed by atoms with E-state index in [1.807, 2.05) is 48.5 Å². The Morgan fingerprint density at radius 2 is 1.59 bits per heavy atom. The van der Waals surface area contributed by atoms with E-state index in [2.05, 4.69) is 12.1 Å². The van der Waals surface area contributed by atoms with Gasteiger partial charge in [0, 0.05) is 6.61 Å². The molecule has 0 saturated carbocycles. The van der Waals surface area contributed by atoms with Crippen LogP contribution in [0.3, 0.4) is 0 Å². The number of hydrogen-bond acceptors (Lipinski definition) is 3. The van der Waals surface area contributed by atoms with Crippen molar-refractivity contribution in [3.8, 4) is 0 Å². The van der Waals surface area contributed by atoms with Crippen molar-refractivity contribution < 1.29 is 14.6 Å². The first-order chi connectivity index (χ1) is 10.9. The first-order valence-electron chi connectivity index (χ1n) is 7.76. The maximum Gasteiger partial charge on any atom is 0.0809 e. The van der Waals surface area contributed by atoms with E-state index in [1.165, 1.54) is 12.0 Å². The van der Waals surface area contributed by atoms with Crippen LogP contribution in [0.1, 0.15) is 24.0 Å². The van der Waals surface area contributed by atoms with E-state index in [0.29, 0.717) is 12.7 Å². The SMILES string of the molecule is OCc1ccccc1.c1ccc(COCC2CCCO2)cc1. The van der Waals surface area contributed by atoms with Crippen LogP contribution in [0.25, 0.3) is 0 Å². The predicted molar refractivity (Wildman–Crippen MR) is 87.4 cm³/mol. The lowest BCUT2D eigenvalue weighted by Gasteiger charge is -2.09. The third-order valence-electron chi connectivity index (χ3n) is 3.46. The molecule has 0 aliphatic carbocycles. The maximum atomic E-state index is 8.54. The van der Waals surface area contributed by atoms with Crippen LogP contribution in [-0.2, 0) is 22.7 Å². The van der Waals surface area contributed by atoms with Gasteiger partial charge in [0.15, 0.2) is 0 Å². The molecule has 118 valence electrons. The zero-order valence-corrected chi connectivity index (χ0v) is 12.9. The zero-order valence-electron chi connectivity index (χ0n) is 12.9. The molecule has 0 bridgehead atoms. The summed E-state index contributed by atoms with van der Waals surface area (Å²) in [6.45, 7) is 2.47. The van der Waals surface area contributed by atoms with Gasteiger partial charge in [-0.2, -0.15) is 0 Å². The van der Waals surface area contributed by atoms with Gasteiger partial charge in [-0.25, -0.2) is 0 Å². The maximum absolute atomic E-state index is 8.54. The van der Waals surface area contributed by atoms with E-state index < -0.39 is 0 Å². The smallest absolute Gasteiger partial charge is 0.0809 e. The van der Waals surface area contributed by atoms with Gasteiger partial charge < -0.3 is 14.6 Å². The van der Waals surface area contributed by atoms with Crippen molar-refractivity contribution in [3.63, 3.8) is 0 Å². The molecule has 0 amide bonds. The second kappa shape index (κ2) is 10.1. The summed E-state index contributed by atoms with van der Waals surface area (Å²) in [5, 5.41) is 8.54. The standard InChI is InChI=1S/C12H16O2.C7H8O/c1-2-5-11(6-3-1)9-13-10-12-7-4-8-14-12;8-6-7-4-2-1-3-5-7/h1-3,5-6,12H,4,7-10H2;1-5,8H,6H2. The fourth-order valence-corrected chi connectivity index (χ4v) is 2.24. The van der Waals surface area contributed by atoms with E-state index in [4.69, 9.17) is 14.6 Å². The van der Waals surface area contributed by atoms with Gasteiger partial charge in [0.05, 0.1) is 25.9 Å². The highest BCUT2D eigenvalue weighted by Gasteiger charge is 2.14. The molecule has 0 radical (unpaired) electrons. The summed E-state index contributed by atoms with van der Waals surface area (Å²) in [7, 11) is 0. The van der Waals surface area contributed by atoms with Crippen LogP contribution in [0.4, 0.5) is 0 Å². The van der Waals surface area contributed by atoms with Crippen LogP contribution in [0.2, 0.25) is 0 Å². The third-order valence-corrected chi connectivity index (χ3v) is 3.46. The molecule has 3 heteroatoms. The lowest BCUT2D eigenvalue weighted by molar-refractivity contribution is 0.0106. The minimum absolute atomic E-state index is 0.140. The minimum Gasteiger partial charge on any atom is -0.392 e. The van der Waals surface area contributed by atoms with Gasteiger partial charge >= 0.3 is 0 Å². The molecule has 1 unspecified atom stereocenters. The largest absolute Gasteiger partial charge is 0.392 e. The quantitative estimate of drug-likeness (QED) is 0.917. The van der Waals surface area contributed by atoms with Gasteiger partial charge in [0.2, 0.25) is 0 Å². The predicted octanol–water partition coefficient (Wildman–Crippen LogP) is 3.56. The summed E-state index contributed by atoms with van der Waals surface area (Å²) in [6, 6.07) is 19.8. The second-order valence-corrected chi connectivity index (χ2v) is 5.28. The van der Waals surface area contributed by atoms with Crippen molar-refractivity contribution in [3.05, 3.63) is 71.8 Å². The number of hydrogen-bond donors (Lipinski definition) is 1. The zero-order chi connectivity index (χ0) is 15.5. The van der Waals surface area contributed by atoms with Gasteiger partial charge in [-0.05, 0) is 24.0 Å². The van der Waals surface area contributed by atoms with Gasteiger partial charge in [-0.15, -0.1) is 0 Å². The molecule has 0 spiro atoms. The summed E-state index contributed by atoms with van der Waals surface area (Å²) in [4.78, 5) is 0. The van der Waals surface area contributed by atoms with Crippen LogP contribution in [0.15, 0.2) is 60.7 Å². The fraction of sp³-hybridized carbons (Fsp3) is 0.368. The number of rotatable bonds is 5. The highest BCUT2D eigenvalue weighted by atomic mass is 16.5. The summed E-state index contributed by atoms with van der Waals surface area (Å²) in [5.74, 6) is 0. The monoisotopic (exact) mass is 300 g/mol. The average Bonchev–Trinajstić information content (AvgIpc) is 3.11. The number of aliphatic hydroxyl groups is 1. The molecule has 3 rings (SSSR count). The van der Waals surface area contributed by atoms with Gasteiger partial charge in [-0.3, -0.25) is 0 Å². The van der Waals surface area contributed by atoms with Crippen molar-refractivity contribution in [2.45, 2.75) is 32.2 Å². The summed E-state index contributed by atoms with van der Waals surface area (Å²) in [5.41, 5.74) is 2.19. The Kier molecular flexibility index (Phi) is 7.67. The summed E-state index contributed by atoms with van der Waals surface area (Å²) >= 11 is 0. The molecular formula is C19H24O3. The molecule has 1 fully saturated rings. The molecule has 1 saturated heterocycles. The molecule has 3 nitrogen and oxygen atoms in total. The summed E-state index contributed by atoms with van der Waals surface area (Å²) in [6.07, 6.45) is 2.66. The molecule has 1 heterocycles. The molecule has 1 aliphatic rings. The lowest BCUT2D eigenvalue weighted by atomic mass is 10.2. The fourth-order valence-electron chi connectivity index (χ4n) is 2.24. The van der Waals surface area contributed by atoms with Crippen LogP contribution >= 0.6 is 0 Å². The van der Waals surface area contributed by atoms with E-state index in [0.717, 1.165) is 25.2 Å². The molecule has 1 atom stereocenters. The number of ether oxygens (including phenoxy) is 2. The molecule has 2 aromatic carbocycles. The molecule has 1 N–H and O–H groups in total. The van der Waals surface area contributed by atoms with Crippen molar-refractivity contribution in [1.82, 2.24) is 0 Å². The van der Waals surface area contributed by atoms with Gasteiger partial charge in [0.25, 0.3) is 0 Å². The Balaban J connectivity index is 0.000000188. The highest BCUT2D eigenvalue weighted by molar-refractivity contribution is 5.13. The number of aliphatic hydroxyl groups excluding tert-OH is 1. The van der Waals surface area contributed by atoms with Crippen molar-refractivity contribution in [2.24, 2.45) is 0 Å². The van der Waals surface area contributed by atoms with Crippen molar-refractivity contribution in [1.29, 1.82) is 0 Å². The minimum atomic E-state index is 0.140. The summed E-state index contributed by atoms with van der Waals surface area (Å²) < 4.78 is 11.0. The van der Waals surface area contributed by atoms with Crippen LogP contribution < -0.4 is 0 Å². The van der Waals surface area contributed by atoms with Crippen LogP contribution in [-0.4, -0.2) is 24.4 Å².